The van der Waals surface area contributed by atoms with E-state index < -0.39 is 5.91 Å². The molecule has 8 heteroatoms. The van der Waals surface area contributed by atoms with Crippen LogP contribution in [0.3, 0.4) is 0 Å². The van der Waals surface area contributed by atoms with Gasteiger partial charge in [-0.05, 0) is 18.6 Å². The summed E-state index contributed by atoms with van der Waals surface area (Å²) in [7, 11) is 1.77. The first-order valence-electron chi connectivity index (χ1n) is 8.78. The maximum atomic E-state index is 11.4. The van der Waals surface area contributed by atoms with Crippen molar-refractivity contribution in [3.05, 3.63) is 35.9 Å². The molecule has 1 aromatic heterocycles. The lowest BCUT2D eigenvalue weighted by Gasteiger charge is -2.15. The van der Waals surface area contributed by atoms with Crippen LogP contribution in [0.5, 0.6) is 5.75 Å². The molecule has 140 valence electrons. The molecule has 0 saturated carbocycles. The SMILES string of the molecule is CC.CN1C(=O)CCOc2ccccc21.NC(=O)c1nc2n(n1)CCC2. The number of carbonyl (C=O) groups excluding carboxylic acids is 2. The minimum absolute atomic E-state index is 0.102. The minimum Gasteiger partial charge on any atom is -0.491 e. The summed E-state index contributed by atoms with van der Waals surface area (Å²) in [5, 5.41) is 3.92. The molecule has 1 aromatic carbocycles. The Hall–Kier alpha value is -2.90. The molecule has 8 nitrogen and oxygen atoms in total. The molecule has 4 rings (SSSR count). The summed E-state index contributed by atoms with van der Waals surface area (Å²) in [4.78, 5) is 27.6. The largest absolute Gasteiger partial charge is 0.491 e. The summed E-state index contributed by atoms with van der Waals surface area (Å²) in [6, 6.07) is 7.57. The number of aryl methyl sites for hydroxylation is 2. The van der Waals surface area contributed by atoms with Gasteiger partial charge in [-0.3, -0.25) is 9.59 Å². The number of para-hydroxylation sites is 2. The fourth-order valence-corrected chi connectivity index (χ4v) is 2.64. The number of benzene rings is 1. The molecule has 26 heavy (non-hydrogen) atoms. The second-order valence-corrected chi connectivity index (χ2v) is 5.56. The third-order valence-electron chi connectivity index (χ3n) is 3.91. The van der Waals surface area contributed by atoms with Crippen LogP contribution in [-0.4, -0.2) is 40.2 Å². The Labute approximate surface area is 153 Å². The summed E-state index contributed by atoms with van der Waals surface area (Å²) in [6.45, 7) is 5.33. The number of anilines is 1. The van der Waals surface area contributed by atoms with Crippen molar-refractivity contribution in [2.24, 2.45) is 5.73 Å². The number of amides is 2. The summed E-state index contributed by atoms with van der Waals surface area (Å²) in [5.41, 5.74) is 5.85. The van der Waals surface area contributed by atoms with Crippen molar-refractivity contribution in [3.8, 4) is 5.75 Å². The molecule has 0 bridgehead atoms. The van der Waals surface area contributed by atoms with Crippen LogP contribution in [0.15, 0.2) is 24.3 Å². The van der Waals surface area contributed by atoms with E-state index >= 15 is 0 Å². The van der Waals surface area contributed by atoms with Gasteiger partial charge in [-0.1, -0.05) is 26.0 Å². The number of carbonyl (C=O) groups is 2. The third kappa shape index (κ3) is 4.38. The van der Waals surface area contributed by atoms with Gasteiger partial charge in [0.15, 0.2) is 0 Å². The first kappa shape index (κ1) is 19.4. The summed E-state index contributed by atoms with van der Waals surface area (Å²) < 4.78 is 7.16. The summed E-state index contributed by atoms with van der Waals surface area (Å²) in [6.07, 6.45) is 2.42. The fourth-order valence-electron chi connectivity index (χ4n) is 2.64. The standard InChI is InChI=1S/C10H11NO2.C6H8N4O.C2H6/c1-11-8-4-2-3-5-9(8)13-7-6-10(11)12;7-5(11)6-8-4-2-1-3-10(4)9-6;1-2/h2-5H,6-7H2,1H3;1-3H2,(H2,7,11);1-2H3. The van der Waals surface area contributed by atoms with Gasteiger partial charge in [-0.2, -0.15) is 0 Å². The van der Waals surface area contributed by atoms with E-state index in [9.17, 15) is 9.59 Å². The molecule has 2 N–H and O–H groups in total. The van der Waals surface area contributed by atoms with Crippen molar-refractivity contribution in [1.29, 1.82) is 0 Å². The predicted molar refractivity (Wildman–Crippen MR) is 98.2 cm³/mol. The van der Waals surface area contributed by atoms with E-state index in [1.165, 1.54) is 0 Å². The number of primary amides is 1. The van der Waals surface area contributed by atoms with Crippen molar-refractivity contribution in [2.45, 2.75) is 39.7 Å². The van der Waals surface area contributed by atoms with Crippen molar-refractivity contribution in [1.82, 2.24) is 14.8 Å². The Morgan fingerprint density at radius 2 is 1.96 bits per heavy atom. The van der Waals surface area contributed by atoms with Crippen LogP contribution < -0.4 is 15.4 Å². The van der Waals surface area contributed by atoms with Gasteiger partial charge in [0.2, 0.25) is 11.7 Å². The van der Waals surface area contributed by atoms with Gasteiger partial charge in [-0.25, -0.2) is 9.67 Å². The Kier molecular flexibility index (Phi) is 6.71. The van der Waals surface area contributed by atoms with Crippen LogP contribution in [0, 0.1) is 0 Å². The molecule has 0 spiro atoms. The highest BCUT2D eigenvalue weighted by molar-refractivity contribution is 5.95. The highest BCUT2D eigenvalue weighted by Gasteiger charge is 2.19. The predicted octanol–water partition coefficient (Wildman–Crippen LogP) is 1.78. The number of ether oxygens (including phenoxy) is 1. The van der Waals surface area contributed by atoms with Gasteiger partial charge in [0, 0.05) is 20.0 Å². The van der Waals surface area contributed by atoms with Crippen LogP contribution in [0.25, 0.3) is 0 Å². The van der Waals surface area contributed by atoms with Crippen LogP contribution in [0.4, 0.5) is 5.69 Å². The van der Waals surface area contributed by atoms with Crippen LogP contribution >= 0.6 is 0 Å². The molecule has 3 heterocycles. The molecule has 0 atom stereocenters. The molecular formula is C18H25N5O3. The molecule has 0 unspecified atom stereocenters. The van der Waals surface area contributed by atoms with Gasteiger partial charge in [-0.15, -0.1) is 5.10 Å². The third-order valence-corrected chi connectivity index (χ3v) is 3.91. The second-order valence-electron chi connectivity index (χ2n) is 5.56. The Balaban J connectivity index is 0.000000173. The van der Waals surface area contributed by atoms with E-state index in [1.54, 1.807) is 16.6 Å². The molecule has 0 saturated heterocycles. The lowest BCUT2D eigenvalue weighted by molar-refractivity contribution is -0.118. The van der Waals surface area contributed by atoms with Gasteiger partial charge < -0.3 is 15.4 Å². The van der Waals surface area contributed by atoms with Crippen LogP contribution in [-0.2, 0) is 17.8 Å². The normalized spacial score (nSPS) is 14.6. The molecule has 2 aliphatic heterocycles. The van der Waals surface area contributed by atoms with Gasteiger partial charge in [0.25, 0.3) is 5.91 Å². The topological polar surface area (TPSA) is 103 Å². The highest BCUT2D eigenvalue weighted by Crippen LogP contribution is 2.29. The van der Waals surface area contributed by atoms with E-state index in [-0.39, 0.29) is 11.7 Å². The lowest BCUT2D eigenvalue weighted by atomic mass is 10.2. The number of fused-ring (bicyclic) bond motifs is 2. The zero-order valence-electron chi connectivity index (χ0n) is 15.4. The number of hydrogen-bond donors (Lipinski definition) is 1. The number of hydrogen-bond acceptors (Lipinski definition) is 5. The molecule has 0 aliphatic carbocycles. The Morgan fingerprint density at radius 3 is 2.65 bits per heavy atom. The van der Waals surface area contributed by atoms with Gasteiger partial charge in [0.1, 0.15) is 11.6 Å². The smallest absolute Gasteiger partial charge is 0.288 e. The van der Waals surface area contributed by atoms with Gasteiger partial charge >= 0.3 is 0 Å². The van der Waals surface area contributed by atoms with E-state index in [0.717, 1.165) is 36.6 Å². The zero-order valence-corrected chi connectivity index (χ0v) is 15.4. The van der Waals surface area contributed by atoms with Crippen molar-refractivity contribution >= 4 is 17.5 Å². The zero-order chi connectivity index (χ0) is 19.1. The molecule has 2 aliphatic rings. The Morgan fingerprint density at radius 1 is 1.23 bits per heavy atom. The average molecular weight is 359 g/mol. The number of rotatable bonds is 1. The van der Waals surface area contributed by atoms with Crippen molar-refractivity contribution in [2.75, 3.05) is 18.6 Å². The molecular weight excluding hydrogens is 334 g/mol. The molecule has 2 amide bonds. The van der Waals surface area contributed by atoms with E-state index in [4.69, 9.17) is 10.5 Å². The average Bonchev–Trinajstić information content (AvgIpc) is 3.22. The fraction of sp³-hybridized carbons (Fsp3) is 0.444. The van der Waals surface area contributed by atoms with Crippen LogP contribution in [0.2, 0.25) is 0 Å². The lowest BCUT2D eigenvalue weighted by Crippen LogP contribution is -2.24. The van der Waals surface area contributed by atoms with Gasteiger partial charge in [0.05, 0.1) is 18.7 Å². The minimum atomic E-state index is -0.549. The Bertz CT molecular complexity index is 750. The number of aromatic nitrogens is 3. The van der Waals surface area contributed by atoms with Crippen molar-refractivity contribution < 1.29 is 14.3 Å². The molecule has 0 radical (unpaired) electrons. The van der Waals surface area contributed by atoms with Crippen molar-refractivity contribution in [3.63, 3.8) is 0 Å². The van der Waals surface area contributed by atoms with Crippen LogP contribution in [0.1, 0.15) is 43.1 Å². The summed E-state index contributed by atoms with van der Waals surface area (Å²) in [5.74, 6) is 1.35. The summed E-state index contributed by atoms with van der Waals surface area (Å²) >= 11 is 0. The maximum Gasteiger partial charge on any atom is 0.288 e. The number of nitrogens with zero attached hydrogens (tertiary/aromatic N) is 4. The molecule has 0 fully saturated rings. The van der Waals surface area contributed by atoms with E-state index in [2.05, 4.69) is 10.1 Å². The quantitative estimate of drug-likeness (QED) is 0.836. The first-order valence-corrected chi connectivity index (χ1v) is 8.78. The molecule has 2 aromatic rings. The van der Waals surface area contributed by atoms with E-state index in [1.807, 2.05) is 38.1 Å². The highest BCUT2D eigenvalue weighted by atomic mass is 16.5. The maximum absolute atomic E-state index is 11.4. The van der Waals surface area contributed by atoms with E-state index in [0.29, 0.717) is 13.0 Å². The monoisotopic (exact) mass is 359 g/mol. The second kappa shape index (κ2) is 8.98. The first-order chi connectivity index (χ1) is 12.6. The number of nitrogens with two attached hydrogens (primary N) is 1.